The molecule has 1 fully saturated rings. The molecule has 1 N–H and O–H groups in total. The van der Waals surface area contributed by atoms with Crippen LogP contribution in [0.3, 0.4) is 0 Å². The SMILES string of the molecule is CC(=O)c1ccc(NC(=O)[C@H]2CC(=O)N([C@@H](C)c3ccccc3)C2)cc1. The molecule has 134 valence electrons. The van der Waals surface area contributed by atoms with E-state index < -0.39 is 0 Å². The maximum atomic E-state index is 12.5. The normalized spacial score (nSPS) is 17.8. The third kappa shape index (κ3) is 3.82. The van der Waals surface area contributed by atoms with Crippen molar-refractivity contribution in [1.82, 2.24) is 4.90 Å². The Morgan fingerprint density at radius 2 is 1.73 bits per heavy atom. The third-order valence-corrected chi connectivity index (χ3v) is 4.84. The Morgan fingerprint density at radius 3 is 2.35 bits per heavy atom. The van der Waals surface area contributed by atoms with E-state index in [1.165, 1.54) is 6.92 Å². The lowest BCUT2D eigenvalue weighted by Gasteiger charge is -2.25. The zero-order chi connectivity index (χ0) is 18.7. The Kier molecular flexibility index (Phi) is 5.16. The molecule has 2 atom stereocenters. The number of amides is 2. The van der Waals surface area contributed by atoms with Crippen molar-refractivity contribution in [2.24, 2.45) is 5.92 Å². The summed E-state index contributed by atoms with van der Waals surface area (Å²) in [7, 11) is 0. The molecule has 0 radical (unpaired) electrons. The summed E-state index contributed by atoms with van der Waals surface area (Å²) in [5.41, 5.74) is 2.28. The molecular weight excluding hydrogens is 328 g/mol. The molecule has 1 heterocycles. The molecule has 0 aliphatic carbocycles. The van der Waals surface area contributed by atoms with Crippen LogP contribution in [0.4, 0.5) is 5.69 Å². The predicted octanol–water partition coefficient (Wildman–Crippen LogP) is 3.44. The minimum atomic E-state index is -0.374. The molecule has 5 nitrogen and oxygen atoms in total. The van der Waals surface area contributed by atoms with Crippen LogP contribution in [0.2, 0.25) is 0 Å². The highest BCUT2D eigenvalue weighted by Crippen LogP contribution is 2.29. The van der Waals surface area contributed by atoms with Crippen molar-refractivity contribution in [3.8, 4) is 0 Å². The molecule has 26 heavy (non-hydrogen) atoms. The molecule has 1 aliphatic rings. The zero-order valence-corrected chi connectivity index (χ0v) is 14.9. The van der Waals surface area contributed by atoms with Gasteiger partial charge in [-0.25, -0.2) is 0 Å². The van der Waals surface area contributed by atoms with Gasteiger partial charge in [-0.2, -0.15) is 0 Å². The van der Waals surface area contributed by atoms with Crippen LogP contribution in [0.1, 0.15) is 42.2 Å². The zero-order valence-electron chi connectivity index (χ0n) is 14.9. The first-order valence-corrected chi connectivity index (χ1v) is 8.72. The molecule has 2 amide bonds. The van der Waals surface area contributed by atoms with Crippen molar-refractivity contribution in [3.63, 3.8) is 0 Å². The van der Waals surface area contributed by atoms with Crippen molar-refractivity contribution in [3.05, 3.63) is 65.7 Å². The maximum Gasteiger partial charge on any atom is 0.229 e. The Morgan fingerprint density at radius 1 is 1.08 bits per heavy atom. The van der Waals surface area contributed by atoms with Crippen molar-refractivity contribution >= 4 is 23.3 Å². The third-order valence-electron chi connectivity index (χ3n) is 4.84. The molecule has 0 spiro atoms. The van der Waals surface area contributed by atoms with Gasteiger partial charge in [0.25, 0.3) is 0 Å². The summed E-state index contributed by atoms with van der Waals surface area (Å²) in [4.78, 5) is 38.0. The minimum Gasteiger partial charge on any atom is -0.335 e. The van der Waals surface area contributed by atoms with Crippen LogP contribution < -0.4 is 5.32 Å². The van der Waals surface area contributed by atoms with E-state index in [0.29, 0.717) is 17.8 Å². The molecule has 0 bridgehead atoms. The molecule has 0 aromatic heterocycles. The summed E-state index contributed by atoms with van der Waals surface area (Å²) < 4.78 is 0. The van der Waals surface area contributed by atoms with E-state index in [1.54, 1.807) is 29.2 Å². The number of hydrogen-bond acceptors (Lipinski definition) is 3. The fourth-order valence-corrected chi connectivity index (χ4v) is 3.23. The summed E-state index contributed by atoms with van der Waals surface area (Å²) >= 11 is 0. The number of carbonyl (C=O) groups is 3. The van der Waals surface area contributed by atoms with Gasteiger partial charge >= 0.3 is 0 Å². The Hall–Kier alpha value is -2.95. The van der Waals surface area contributed by atoms with Gasteiger partial charge in [-0.1, -0.05) is 30.3 Å². The highest BCUT2D eigenvalue weighted by Gasteiger charge is 2.36. The largest absolute Gasteiger partial charge is 0.335 e. The maximum absolute atomic E-state index is 12.5. The number of likely N-dealkylation sites (tertiary alicyclic amines) is 1. The molecule has 0 unspecified atom stereocenters. The van der Waals surface area contributed by atoms with E-state index in [4.69, 9.17) is 0 Å². The van der Waals surface area contributed by atoms with E-state index in [9.17, 15) is 14.4 Å². The number of rotatable bonds is 5. The number of anilines is 1. The van der Waals surface area contributed by atoms with Gasteiger partial charge in [-0.05, 0) is 43.7 Å². The highest BCUT2D eigenvalue weighted by molar-refractivity contribution is 5.98. The first kappa shape index (κ1) is 17.9. The van der Waals surface area contributed by atoms with Gasteiger partial charge in [0.1, 0.15) is 0 Å². The Labute approximate surface area is 153 Å². The second-order valence-corrected chi connectivity index (χ2v) is 6.66. The minimum absolute atomic E-state index is 0.00608. The van der Waals surface area contributed by atoms with Gasteiger partial charge in [0.2, 0.25) is 11.8 Å². The summed E-state index contributed by atoms with van der Waals surface area (Å²) in [6.07, 6.45) is 0.217. The molecule has 2 aromatic carbocycles. The van der Waals surface area contributed by atoms with Crippen molar-refractivity contribution in [1.29, 1.82) is 0 Å². The van der Waals surface area contributed by atoms with Crippen molar-refractivity contribution in [2.75, 3.05) is 11.9 Å². The average Bonchev–Trinajstić information content (AvgIpc) is 3.04. The van der Waals surface area contributed by atoms with Crippen LogP contribution in [0.15, 0.2) is 54.6 Å². The number of Topliss-reactive ketones (excluding diaryl/α,β-unsaturated/α-hetero) is 1. The number of hydrogen-bond donors (Lipinski definition) is 1. The average molecular weight is 350 g/mol. The second kappa shape index (κ2) is 7.52. The van der Waals surface area contributed by atoms with Gasteiger partial charge < -0.3 is 10.2 Å². The van der Waals surface area contributed by atoms with Crippen LogP contribution >= 0.6 is 0 Å². The number of nitrogens with zero attached hydrogens (tertiary/aromatic N) is 1. The van der Waals surface area contributed by atoms with E-state index >= 15 is 0 Å². The fourth-order valence-electron chi connectivity index (χ4n) is 3.23. The summed E-state index contributed by atoms with van der Waals surface area (Å²) in [5.74, 6) is -0.568. The monoisotopic (exact) mass is 350 g/mol. The molecule has 2 aromatic rings. The molecule has 3 rings (SSSR count). The Balaban J connectivity index is 1.64. The number of benzene rings is 2. The standard InChI is InChI=1S/C21H22N2O3/c1-14(16-6-4-3-5-7-16)23-13-18(12-20(23)25)21(26)22-19-10-8-17(9-11-19)15(2)24/h3-11,14,18H,12-13H2,1-2H3,(H,22,26)/t14-,18-/m0/s1. The first-order valence-electron chi connectivity index (χ1n) is 8.72. The van der Waals surface area contributed by atoms with Crippen molar-refractivity contribution < 1.29 is 14.4 Å². The van der Waals surface area contributed by atoms with E-state index in [-0.39, 0.29) is 36.0 Å². The number of ketones is 1. The second-order valence-electron chi connectivity index (χ2n) is 6.66. The number of carbonyl (C=O) groups excluding carboxylic acids is 3. The lowest BCUT2D eigenvalue weighted by molar-refractivity contribution is -0.129. The molecule has 1 saturated heterocycles. The van der Waals surface area contributed by atoms with Crippen LogP contribution in [0.5, 0.6) is 0 Å². The van der Waals surface area contributed by atoms with Crippen LogP contribution in [-0.4, -0.2) is 29.0 Å². The molecular formula is C21H22N2O3. The van der Waals surface area contributed by atoms with Crippen LogP contribution in [-0.2, 0) is 9.59 Å². The first-order chi connectivity index (χ1) is 12.5. The van der Waals surface area contributed by atoms with Crippen LogP contribution in [0, 0.1) is 5.92 Å². The lowest BCUT2D eigenvalue weighted by Crippen LogP contribution is -2.30. The molecule has 0 saturated carbocycles. The van der Waals surface area contributed by atoms with E-state index in [0.717, 1.165) is 5.56 Å². The quantitative estimate of drug-likeness (QED) is 0.840. The van der Waals surface area contributed by atoms with Gasteiger partial charge in [-0.3, -0.25) is 14.4 Å². The van der Waals surface area contributed by atoms with Gasteiger partial charge in [0.15, 0.2) is 5.78 Å². The summed E-state index contributed by atoms with van der Waals surface area (Å²) in [6.45, 7) is 3.89. The summed E-state index contributed by atoms with van der Waals surface area (Å²) in [5, 5.41) is 2.84. The van der Waals surface area contributed by atoms with Crippen LogP contribution in [0.25, 0.3) is 0 Å². The van der Waals surface area contributed by atoms with E-state index in [2.05, 4.69) is 5.32 Å². The summed E-state index contributed by atoms with van der Waals surface area (Å²) in [6, 6.07) is 16.5. The number of nitrogens with one attached hydrogen (secondary N) is 1. The smallest absolute Gasteiger partial charge is 0.229 e. The highest BCUT2D eigenvalue weighted by atomic mass is 16.2. The van der Waals surface area contributed by atoms with Gasteiger partial charge in [-0.15, -0.1) is 0 Å². The fraction of sp³-hybridized carbons (Fsp3) is 0.286. The van der Waals surface area contributed by atoms with Gasteiger partial charge in [0.05, 0.1) is 12.0 Å². The molecule has 5 heteroatoms. The predicted molar refractivity (Wildman–Crippen MR) is 99.8 cm³/mol. The lowest BCUT2D eigenvalue weighted by atomic mass is 10.1. The Bertz CT molecular complexity index is 815. The molecule has 1 aliphatic heterocycles. The van der Waals surface area contributed by atoms with E-state index in [1.807, 2.05) is 37.3 Å². The topological polar surface area (TPSA) is 66.5 Å². The van der Waals surface area contributed by atoms with Gasteiger partial charge in [0, 0.05) is 24.2 Å². The van der Waals surface area contributed by atoms with Crippen molar-refractivity contribution in [2.45, 2.75) is 26.3 Å².